The number of aryl methyl sites for hydroxylation is 1. The van der Waals surface area contributed by atoms with Crippen LogP contribution >= 0.6 is 0 Å². The monoisotopic (exact) mass is 261 g/mol. The molecule has 1 aromatic carbocycles. The number of hydrogen-bond acceptors (Lipinski definition) is 2. The highest BCUT2D eigenvalue weighted by Gasteiger charge is 2.24. The predicted octanol–water partition coefficient (Wildman–Crippen LogP) is 3.91. The summed E-state index contributed by atoms with van der Waals surface area (Å²) >= 11 is 0. The van der Waals surface area contributed by atoms with Gasteiger partial charge in [-0.2, -0.15) is 0 Å². The summed E-state index contributed by atoms with van der Waals surface area (Å²) in [6.07, 6.45) is 0.614. The van der Waals surface area contributed by atoms with Crippen LogP contribution in [0.2, 0.25) is 0 Å². The zero-order chi connectivity index (χ0) is 14.2. The van der Waals surface area contributed by atoms with Crippen LogP contribution in [0, 0.1) is 6.92 Å². The molecule has 1 aliphatic rings. The van der Waals surface area contributed by atoms with Crippen molar-refractivity contribution in [1.29, 1.82) is 0 Å². The normalized spacial score (nSPS) is 24.6. The Morgan fingerprint density at radius 2 is 1.68 bits per heavy atom. The molecule has 0 N–H and O–H groups in total. The van der Waals surface area contributed by atoms with Gasteiger partial charge in [-0.1, -0.05) is 32.9 Å². The fourth-order valence-electron chi connectivity index (χ4n) is 2.79. The van der Waals surface area contributed by atoms with Crippen LogP contribution in [0.4, 0.5) is 5.69 Å². The Hall–Kier alpha value is -1.02. The van der Waals surface area contributed by atoms with Gasteiger partial charge in [-0.3, -0.25) is 0 Å². The first-order chi connectivity index (χ1) is 8.77. The highest BCUT2D eigenvalue weighted by Crippen LogP contribution is 2.30. The van der Waals surface area contributed by atoms with E-state index in [2.05, 4.69) is 64.6 Å². The first kappa shape index (κ1) is 14.4. The Morgan fingerprint density at radius 3 is 2.21 bits per heavy atom. The third-order valence-electron chi connectivity index (χ3n) is 3.84. The van der Waals surface area contributed by atoms with Gasteiger partial charge in [-0.05, 0) is 43.4 Å². The molecule has 0 aromatic heterocycles. The van der Waals surface area contributed by atoms with Crippen molar-refractivity contribution in [2.75, 3.05) is 18.0 Å². The summed E-state index contributed by atoms with van der Waals surface area (Å²) in [6.45, 7) is 15.3. The molecule has 19 heavy (non-hydrogen) atoms. The Bertz CT molecular complexity index is 437. The second-order valence-corrected chi connectivity index (χ2v) is 6.91. The van der Waals surface area contributed by atoms with Gasteiger partial charge in [-0.15, -0.1) is 0 Å². The molecule has 1 saturated heterocycles. The molecule has 1 aliphatic heterocycles. The molecule has 0 radical (unpaired) electrons. The number of nitrogens with zero attached hydrogens (tertiary/aromatic N) is 1. The van der Waals surface area contributed by atoms with Crippen LogP contribution in [0.3, 0.4) is 0 Å². The second kappa shape index (κ2) is 5.16. The number of rotatable bonds is 1. The molecular weight excluding hydrogens is 234 g/mol. The fraction of sp³-hybridized carbons (Fsp3) is 0.647. The molecule has 2 rings (SSSR count). The summed E-state index contributed by atoms with van der Waals surface area (Å²) < 4.78 is 5.83. The van der Waals surface area contributed by atoms with Crippen LogP contribution < -0.4 is 4.90 Å². The van der Waals surface area contributed by atoms with Crippen molar-refractivity contribution >= 4 is 5.69 Å². The number of anilines is 1. The van der Waals surface area contributed by atoms with Gasteiger partial charge in [0.25, 0.3) is 0 Å². The molecule has 0 bridgehead atoms. The lowest BCUT2D eigenvalue weighted by Crippen LogP contribution is -2.45. The van der Waals surface area contributed by atoms with Gasteiger partial charge in [0.15, 0.2) is 0 Å². The van der Waals surface area contributed by atoms with Crippen molar-refractivity contribution in [3.63, 3.8) is 0 Å². The van der Waals surface area contributed by atoms with E-state index in [-0.39, 0.29) is 5.41 Å². The van der Waals surface area contributed by atoms with E-state index < -0.39 is 0 Å². The molecule has 0 spiro atoms. The zero-order valence-corrected chi connectivity index (χ0v) is 13.2. The van der Waals surface area contributed by atoms with Crippen LogP contribution in [0.15, 0.2) is 18.2 Å². The molecular formula is C17H27NO. The standard InChI is InChI=1S/C17H27NO/c1-12-7-8-15(17(4,5)6)9-16(12)18-10-13(2)19-14(3)11-18/h7-9,13-14H,10-11H2,1-6H3/t13-,14-/m0/s1. The van der Waals surface area contributed by atoms with Crippen LogP contribution in [0.5, 0.6) is 0 Å². The highest BCUT2D eigenvalue weighted by atomic mass is 16.5. The Kier molecular flexibility index (Phi) is 3.91. The van der Waals surface area contributed by atoms with Gasteiger partial charge in [0.1, 0.15) is 0 Å². The van der Waals surface area contributed by atoms with E-state index in [9.17, 15) is 0 Å². The van der Waals surface area contributed by atoms with Crippen LogP contribution in [0.1, 0.15) is 45.7 Å². The lowest BCUT2D eigenvalue weighted by Gasteiger charge is -2.38. The molecule has 0 aliphatic carbocycles. The van der Waals surface area contributed by atoms with Gasteiger partial charge in [-0.25, -0.2) is 0 Å². The van der Waals surface area contributed by atoms with E-state index in [1.165, 1.54) is 16.8 Å². The molecule has 0 saturated carbocycles. The van der Waals surface area contributed by atoms with Gasteiger partial charge in [0, 0.05) is 18.8 Å². The number of hydrogen-bond donors (Lipinski definition) is 0. The predicted molar refractivity (Wildman–Crippen MR) is 82.1 cm³/mol. The molecule has 1 fully saturated rings. The van der Waals surface area contributed by atoms with Crippen molar-refractivity contribution in [3.8, 4) is 0 Å². The van der Waals surface area contributed by atoms with Gasteiger partial charge < -0.3 is 9.64 Å². The van der Waals surface area contributed by atoms with Crippen LogP contribution in [0.25, 0.3) is 0 Å². The number of morpholine rings is 1. The molecule has 1 aromatic rings. The minimum atomic E-state index is 0.200. The summed E-state index contributed by atoms with van der Waals surface area (Å²) in [6, 6.07) is 6.87. The van der Waals surface area contributed by atoms with Gasteiger partial charge >= 0.3 is 0 Å². The summed E-state index contributed by atoms with van der Waals surface area (Å²) in [7, 11) is 0. The summed E-state index contributed by atoms with van der Waals surface area (Å²) in [5.41, 5.74) is 4.33. The quantitative estimate of drug-likeness (QED) is 0.760. The average Bonchev–Trinajstić information content (AvgIpc) is 2.26. The summed E-state index contributed by atoms with van der Waals surface area (Å²) in [4.78, 5) is 2.48. The zero-order valence-electron chi connectivity index (χ0n) is 13.2. The smallest absolute Gasteiger partial charge is 0.0726 e. The van der Waals surface area contributed by atoms with Crippen molar-refractivity contribution < 1.29 is 4.74 Å². The summed E-state index contributed by atoms with van der Waals surface area (Å²) in [5.74, 6) is 0. The first-order valence-corrected chi connectivity index (χ1v) is 7.29. The lowest BCUT2D eigenvalue weighted by molar-refractivity contribution is -0.00525. The fourth-order valence-corrected chi connectivity index (χ4v) is 2.79. The van der Waals surface area contributed by atoms with E-state index in [1.807, 2.05) is 0 Å². The maximum absolute atomic E-state index is 5.83. The van der Waals surface area contributed by atoms with E-state index in [0.717, 1.165) is 13.1 Å². The first-order valence-electron chi connectivity index (χ1n) is 7.29. The summed E-state index contributed by atoms with van der Waals surface area (Å²) in [5, 5.41) is 0. The molecule has 0 unspecified atom stereocenters. The topological polar surface area (TPSA) is 12.5 Å². The maximum atomic E-state index is 5.83. The molecule has 2 atom stereocenters. The van der Waals surface area contributed by atoms with Crippen LogP contribution in [-0.4, -0.2) is 25.3 Å². The van der Waals surface area contributed by atoms with Crippen LogP contribution in [-0.2, 0) is 10.2 Å². The maximum Gasteiger partial charge on any atom is 0.0726 e. The SMILES string of the molecule is Cc1ccc(C(C)(C)C)cc1N1C[C@H](C)O[C@@H](C)C1. The molecule has 106 valence electrons. The van der Waals surface area contributed by atoms with E-state index in [0.29, 0.717) is 12.2 Å². The molecule has 2 heteroatoms. The average molecular weight is 261 g/mol. The number of ether oxygens (including phenoxy) is 1. The lowest BCUT2D eigenvalue weighted by atomic mass is 9.86. The minimum Gasteiger partial charge on any atom is -0.372 e. The highest BCUT2D eigenvalue weighted by molar-refractivity contribution is 5.56. The van der Waals surface area contributed by atoms with E-state index in [1.54, 1.807) is 0 Å². The molecule has 0 amide bonds. The van der Waals surface area contributed by atoms with Gasteiger partial charge in [0.2, 0.25) is 0 Å². The van der Waals surface area contributed by atoms with E-state index >= 15 is 0 Å². The van der Waals surface area contributed by atoms with Gasteiger partial charge in [0.05, 0.1) is 12.2 Å². The van der Waals surface area contributed by atoms with Crippen molar-refractivity contribution in [3.05, 3.63) is 29.3 Å². The van der Waals surface area contributed by atoms with Crippen molar-refractivity contribution in [1.82, 2.24) is 0 Å². The third kappa shape index (κ3) is 3.30. The molecule has 2 nitrogen and oxygen atoms in total. The van der Waals surface area contributed by atoms with Crippen molar-refractivity contribution in [2.45, 2.75) is 59.2 Å². The van der Waals surface area contributed by atoms with Crippen molar-refractivity contribution in [2.24, 2.45) is 0 Å². The third-order valence-corrected chi connectivity index (χ3v) is 3.84. The van der Waals surface area contributed by atoms with E-state index in [4.69, 9.17) is 4.74 Å². The second-order valence-electron chi connectivity index (χ2n) is 6.91. The number of benzene rings is 1. The Balaban J connectivity index is 2.33. The minimum absolute atomic E-state index is 0.200. The molecule has 1 heterocycles. The Labute approximate surface area is 117 Å². The Morgan fingerprint density at radius 1 is 1.11 bits per heavy atom. The largest absolute Gasteiger partial charge is 0.372 e.